The lowest BCUT2D eigenvalue weighted by Gasteiger charge is -2.39. The number of aromatic amines is 1. The maximum Gasteiger partial charge on any atom is 0.270 e. The molecule has 2 atom stereocenters. The van der Waals surface area contributed by atoms with E-state index in [-0.39, 0.29) is 11.5 Å². The van der Waals surface area contributed by atoms with Gasteiger partial charge in [-0.1, -0.05) is 18.2 Å². The van der Waals surface area contributed by atoms with Gasteiger partial charge in [-0.3, -0.25) is 4.79 Å². The van der Waals surface area contributed by atoms with Gasteiger partial charge in [0.2, 0.25) is 0 Å². The molecule has 3 saturated heterocycles. The lowest BCUT2D eigenvalue weighted by molar-refractivity contribution is -0.0451. The first-order valence-electron chi connectivity index (χ1n) is 10.4. The van der Waals surface area contributed by atoms with Gasteiger partial charge in [0.25, 0.3) is 5.91 Å². The van der Waals surface area contributed by atoms with Crippen LogP contribution < -0.4 is 0 Å². The number of benzene rings is 1. The largest absolute Gasteiger partial charge is 0.373 e. The van der Waals surface area contributed by atoms with E-state index >= 15 is 0 Å². The number of nitrogens with one attached hydrogen (secondary N) is 1. The molecule has 4 heterocycles. The van der Waals surface area contributed by atoms with Gasteiger partial charge in [0, 0.05) is 24.0 Å². The third-order valence-electron chi connectivity index (χ3n) is 6.59. The lowest BCUT2D eigenvalue weighted by Crippen LogP contribution is -2.50. The molecule has 1 aromatic heterocycles. The molecule has 3 aliphatic heterocycles. The molecule has 1 N–H and O–H groups in total. The van der Waals surface area contributed by atoms with Crippen LogP contribution in [0.3, 0.4) is 0 Å². The Bertz CT molecular complexity index is 793. The number of fused-ring (bicyclic) bond motifs is 1. The SMILES string of the molecule is O=C(c1cc2ccccc2[nH]1)N1CCC[C@@]2(C[C@@H](CN3CCCC3)CO2)C1. The zero-order valence-electron chi connectivity index (χ0n) is 16.0. The van der Waals surface area contributed by atoms with Gasteiger partial charge in [0.1, 0.15) is 5.69 Å². The topological polar surface area (TPSA) is 48.6 Å². The van der Waals surface area contributed by atoms with Gasteiger partial charge in [-0.2, -0.15) is 0 Å². The number of carbonyl (C=O) groups excluding carboxylic acids is 1. The minimum Gasteiger partial charge on any atom is -0.373 e. The molecule has 1 aromatic carbocycles. The Morgan fingerprint density at radius 2 is 2.04 bits per heavy atom. The number of H-pyrrole nitrogens is 1. The van der Waals surface area contributed by atoms with Crippen molar-refractivity contribution in [2.75, 3.05) is 39.3 Å². The van der Waals surface area contributed by atoms with Crippen LogP contribution in [0.4, 0.5) is 0 Å². The first-order valence-corrected chi connectivity index (χ1v) is 10.4. The van der Waals surface area contributed by atoms with Gasteiger partial charge in [-0.05, 0) is 63.2 Å². The van der Waals surface area contributed by atoms with Crippen molar-refractivity contribution in [3.63, 3.8) is 0 Å². The molecule has 3 fully saturated rings. The second-order valence-electron chi connectivity index (χ2n) is 8.67. The van der Waals surface area contributed by atoms with Gasteiger partial charge < -0.3 is 19.5 Å². The van der Waals surface area contributed by atoms with Crippen LogP contribution in [0.1, 0.15) is 42.6 Å². The van der Waals surface area contributed by atoms with E-state index in [1.165, 1.54) is 25.9 Å². The molecule has 1 amide bonds. The summed E-state index contributed by atoms with van der Waals surface area (Å²) in [4.78, 5) is 21.0. The highest BCUT2D eigenvalue weighted by molar-refractivity contribution is 5.98. The van der Waals surface area contributed by atoms with Crippen molar-refractivity contribution in [2.45, 2.75) is 37.7 Å². The fourth-order valence-corrected chi connectivity index (χ4v) is 5.30. The van der Waals surface area contributed by atoms with Gasteiger partial charge in [0.15, 0.2) is 0 Å². The lowest BCUT2D eigenvalue weighted by atomic mass is 9.86. The van der Waals surface area contributed by atoms with Crippen LogP contribution in [0.15, 0.2) is 30.3 Å². The highest BCUT2D eigenvalue weighted by Gasteiger charge is 2.45. The van der Waals surface area contributed by atoms with E-state index < -0.39 is 0 Å². The molecule has 0 saturated carbocycles. The summed E-state index contributed by atoms with van der Waals surface area (Å²) in [5, 5.41) is 1.09. The molecule has 3 aliphatic rings. The van der Waals surface area contributed by atoms with E-state index in [1.807, 2.05) is 35.2 Å². The van der Waals surface area contributed by atoms with Gasteiger partial charge >= 0.3 is 0 Å². The molecule has 5 nitrogen and oxygen atoms in total. The fourth-order valence-electron chi connectivity index (χ4n) is 5.30. The van der Waals surface area contributed by atoms with Crippen LogP contribution in [0.25, 0.3) is 10.9 Å². The van der Waals surface area contributed by atoms with E-state index in [1.54, 1.807) is 0 Å². The quantitative estimate of drug-likeness (QED) is 0.906. The molecule has 1 spiro atoms. The van der Waals surface area contributed by atoms with Crippen LogP contribution in [0.5, 0.6) is 0 Å². The molecule has 144 valence electrons. The Labute approximate surface area is 160 Å². The summed E-state index contributed by atoms with van der Waals surface area (Å²) in [5.41, 5.74) is 1.60. The minimum atomic E-state index is -0.121. The van der Waals surface area contributed by atoms with Crippen LogP contribution in [0, 0.1) is 5.92 Å². The summed E-state index contributed by atoms with van der Waals surface area (Å²) in [6.07, 6.45) is 5.89. The fraction of sp³-hybridized carbons (Fsp3) is 0.591. The van der Waals surface area contributed by atoms with Crippen molar-refractivity contribution in [1.29, 1.82) is 0 Å². The summed E-state index contributed by atoms with van der Waals surface area (Å²) >= 11 is 0. The number of carbonyl (C=O) groups is 1. The van der Waals surface area contributed by atoms with E-state index in [4.69, 9.17) is 4.74 Å². The normalized spacial score (nSPS) is 29.2. The highest BCUT2D eigenvalue weighted by Crippen LogP contribution is 2.38. The number of likely N-dealkylation sites (tertiary alicyclic amines) is 2. The number of rotatable bonds is 3. The predicted octanol–water partition coefficient (Wildman–Crippen LogP) is 3.28. The van der Waals surface area contributed by atoms with Crippen LogP contribution >= 0.6 is 0 Å². The molecule has 0 unspecified atom stereocenters. The molecule has 27 heavy (non-hydrogen) atoms. The van der Waals surface area contributed by atoms with Gasteiger partial charge in [-0.15, -0.1) is 0 Å². The number of hydrogen-bond acceptors (Lipinski definition) is 3. The second kappa shape index (κ2) is 6.95. The molecule has 0 aliphatic carbocycles. The maximum absolute atomic E-state index is 13.1. The average Bonchev–Trinajstić information content (AvgIpc) is 3.42. The number of aromatic nitrogens is 1. The Morgan fingerprint density at radius 3 is 2.89 bits per heavy atom. The molecule has 2 aromatic rings. The Kier molecular flexibility index (Phi) is 4.44. The van der Waals surface area contributed by atoms with Crippen LogP contribution in [-0.4, -0.2) is 65.6 Å². The molecule has 5 heteroatoms. The number of hydrogen-bond donors (Lipinski definition) is 1. The number of amides is 1. The number of para-hydroxylation sites is 1. The number of ether oxygens (including phenoxy) is 1. The number of piperidine rings is 1. The Hall–Kier alpha value is -1.85. The zero-order valence-corrected chi connectivity index (χ0v) is 16.0. The van der Waals surface area contributed by atoms with E-state index in [2.05, 4.69) is 9.88 Å². The molecule has 0 radical (unpaired) electrons. The second-order valence-corrected chi connectivity index (χ2v) is 8.67. The standard InChI is InChI=1S/C22H29N3O2/c26-21(20-12-18-6-1-2-7-19(18)23-20)25-11-5-8-22(16-25)13-17(15-27-22)14-24-9-3-4-10-24/h1-2,6-7,12,17,23H,3-5,8-11,13-16H2/t17-,22+/m0/s1. The molecule has 0 bridgehead atoms. The summed E-state index contributed by atoms with van der Waals surface area (Å²) in [6, 6.07) is 10.0. The minimum absolute atomic E-state index is 0.108. The van der Waals surface area contributed by atoms with Crippen LogP contribution in [0.2, 0.25) is 0 Å². The van der Waals surface area contributed by atoms with Crippen molar-refractivity contribution in [3.05, 3.63) is 36.0 Å². The third kappa shape index (κ3) is 3.39. The van der Waals surface area contributed by atoms with Crippen LogP contribution in [-0.2, 0) is 4.74 Å². The smallest absolute Gasteiger partial charge is 0.270 e. The first-order chi connectivity index (χ1) is 13.2. The zero-order chi connectivity index (χ0) is 18.3. The Morgan fingerprint density at radius 1 is 1.19 bits per heavy atom. The summed E-state index contributed by atoms with van der Waals surface area (Å²) in [7, 11) is 0. The van der Waals surface area contributed by atoms with Gasteiger partial charge in [0.05, 0.1) is 18.8 Å². The predicted molar refractivity (Wildman–Crippen MR) is 106 cm³/mol. The number of nitrogens with zero attached hydrogens (tertiary/aromatic N) is 2. The summed E-state index contributed by atoms with van der Waals surface area (Å²) < 4.78 is 6.35. The summed E-state index contributed by atoms with van der Waals surface area (Å²) in [5.74, 6) is 0.725. The van der Waals surface area contributed by atoms with Crippen molar-refractivity contribution in [3.8, 4) is 0 Å². The average molecular weight is 367 g/mol. The first kappa shape index (κ1) is 17.3. The van der Waals surface area contributed by atoms with Crippen molar-refractivity contribution >= 4 is 16.8 Å². The van der Waals surface area contributed by atoms with Crippen molar-refractivity contribution < 1.29 is 9.53 Å². The van der Waals surface area contributed by atoms with Crippen molar-refractivity contribution in [1.82, 2.24) is 14.8 Å². The van der Waals surface area contributed by atoms with E-state index in [0.29, 0.717) is 11.6 Å². The molecular formula is C22H29N3O2. The van der Waals surface area contributed by atoms with E-state index in [9.17, 15) is 4.79 Å². The summed E-state index contributed by atoms with van der Waals surface area (Å²) in [6.45, 7) is 6.07. The Balaban J connectivity index is 1.27. The highest BCUT2D eigenvalue weighted by atomic mass is 16.5. The maximum atomic E-state index is 13.1. The van der Waals surface area contributed by atoms with E-state index in [0.717, 1.165) is 56.4 Å². The third-order valence-corrected chi connectivity index (χ3v) is 6.59. The van der Waals surface area contributed by atoms with Crippen molar-refractivity contribution in [2.24, 2.45) is 5.92 Å². The van der Waals surface area contributed by atoms with Gasteiger partial charge in [-0.25, -0.2) is 0 Å². The molecule has 5 rings (SSSR count). The monoisotopic (exact) mass is 367 g/mol. The molecular weight excluding hydrogens is 338 g/mol.